The van der Waals surface area contributed by atoms with Crippen LogP contribution in [0, 0.1) is 10.1 Å². The highest BCUT2D eigenvalue weighted by Gasteiger charge is 2.22. The molecule has 12 nitrogen and oxygen atoms in total. The molecule has 4 heterocycles. The number of likely N-dealkylation sites (tertiary alicyclic amines) is 1. The van der Waals surface area contributed by atoms with Crippen LogP contribution in [0.1, 0.15) is 39.3 Å². The molecule has 1 aliphatic rings. The molecule has 5 aromatic rings. The number of aryl methyl sites for hydroxylation is 1. The highest BCUT2D eigenvalue weighted by atomic mass is 32.1. The number of amides is 3. The van der Waals surface area contributed by atoms with E-state index in [1.165, 1.54) is 23.6 Å². The quantitative estimate of drug-likeness (QED) is 0.157. The molecular formula is C32H29N7O5S. The van der Waals surface area contributed by atoms with E-state index in [4.69, 9.17) is 4.98 Å². The van der Waals surface area contributed by atoms with Crippen molar-refractivity contribution in [2.24, 2.45) is 0 Å². The van der Waals surface area contributed by atoms with E-state index in [0.29, 0.717) is 59.1 Å². The first-order chi connectivity index (χ1) is 21.8. The number of aromatic nitrogens is 3. The highest BCUT2D eigenvalue weighted by Crippen LogP contribution is 2.30. The molecule has 3 amide bonds. The van der Waals surface area contributed by atoms with E-state index in [9.17, 15) is 24.5 Å². The molecule has 1 aliphatic heterocycles. The maximum absolute atomic E-state index is 13.4. The SMILES string of the molecule is CN(C(=O)c1ccccc1)c1ccc2c(c1)nc(NC(=O)c1ccc(-c3ccc([N+](=O)[O-])nc3)s1)n2CCCN1CCCC1=O. The minimum Gasteiger partial charge on any atom is -0.358 e. The number of carbonyl (C=O) groups excluding carboxylic acids is 3. The first-order valence-electron chi connectivity index (χ1n) is 14.4. The van der Waals surface area contributed by atoms with E-state index in [2.05, 4.69) is 10.3 Å². The minimum atomic E-state index is -0.561. The van der Waals surface area contributed by atoms with Crippen molar-refractivity contribution >= 4 is 57.5 Å². The number of thiophene rings is 1. The number of fused-ring (bicyclic) bond motifs is 1. The Hall–Kier alpha value is -5.43. The average Bonchev–Trinajstić information content (AvgIpc) is 3.80. The third-order valence-corrected chi connectivity index (χ3v) is 8.83. The molecule has 0 aliphatic carbocycles. The molecule has 0 spiro atoms. The van der Waals surface area contributed by atoms with Gasteiger partial charge in [0, 0.05) is 60.9 Å². The van der Waals surface area contributed by atoms with Gasteiger partial charge in [-0.05, 0) is 71.3 Å². The van der Waals surface area contributed by atoms with Gasteiger partial charge in [0.2, 0.25) is 11.9 Å². The minimum absolute atomic E-state index is 0.157. The summed E-state index contributed by atoms with van der Waals surface area (Å²) in [5.74, 6) is -0.255. The Bertz CT molecular complexity index is 1900. The summed E-state index contributed by atoms with van der Waals surface area (Å²) in [7, 11) is 1.71. The number of rotatable bonds is 10. The molecule has 0 bridgehead atoms. The Morgan fingerprint density at radius 1 is 1.07 bits per heavy atom. The second kappa shape index (κ2) is 12.7. The maximum atomic E-state index is 13.4. The largest absolute Gasteiger partial charge is 0.363 e. The monoisotopic (exact) mass is 623 g/mol. The normalized spacial score (nSPS) is 12.9. The summed E-state index contributed by atoms with van der Waals surface area (Å²) in [6.07, 6.45) is 3.52. The van der Waals surface area contributed by atoms with Crippen LogP contribution in [0.3, 0.4) is 0 Å². The number of nitro groups is 1. The number of anilines is 2. The fraction of sp³-hybridized carbons (Fsp3) is 0.219. The predicted molar refractivity (Wildman–Crippen MR) is 171 cm³/mol. The molecular weight excluding hydrogens is 594 g/mol. The first-order valence-corrected chi connectivity index (χ1v) is 15.2. The molecule has 45 heavy (non-hydrogen) atoms. The number of hydrogen-bond donors (Lipinski definition) is 1. The number of carbonyl (C=O) groups is 3. The predicted octanol–water partition coefficient (Wildman–Crippen LogP) is 5.61. The van der Waals surface area contributed by atoms with Crippen molar-refractivity contribution in [3.63, 3.8) is 0 Å². The van der Waals surface area contributed by atoms with Gasteiger partial charge in [-0.25, -0.2) is 4.98 Å². The average molecular weight is 624 g/mol. The van der Waals surface area contributed by atoms with Crippen molar-refractivity contribution in [2.45, 2.75) is 25.8 Å². The van der Waals surface area contributed by atoms with Gasteiger partial charge in [-0.3, -0.25) is 19.7 Å². The zero-order valence-electron chi connectivity index (χ0n) is 24.4. The Morgan fingerprint density at radius 2 is 1.89 bits per heavy atom. The van der Waals surface area contributed by atoms with E-state index in [1.54, 1.807) is 42.3 Å². The first kappa shape index (κ1) is 29.6. The Labute approximate surface area is 262 Å². The number of benzene rings is 2. The van der Waals surface area contributed by atoms with Crippen LogP contribution >= 0.6 is 11.3 Å². The highest BCUT2D eigenvalue weighted by molar-refractivity contribution is 7.17. The molecule has 1 N–H and O–H groups in total. The Morgan fingerprint density at radius 3 is 2.60 bits per heavy atom. The molecule has 0 atom stereocenters. The number of nitrogens with one attached hydrogen (secondary N) is 1. The van der Waals surface area contributed by atoms with Gasteiger partial charge in [-0.2, -0.15) is 0 Å². The molecule has 2 aromatic carbocycles. The van der Waals surface area contributed by atoms with Crippen LogP contribution in [0.4, 0.5) is 17.5 Å². The van der Waals surface area contributed by atoms with E-state index in [0.717, 1.165) is 23.4 Å². The van der Waals surface area contributed by atoms with Gasteiger partial charge in [-0.15, -0.1) is 11.3 Å². The molecule has 6 rings (SSSR count). The van der Waals surface area contributed by atoms with Gasteiger partial charge >= 0.3 is 5.82 Å². The summed E-state index contributed by atoms with van der Waals surface area (Å²) in [4.78, 5) is 62.2. The Kier molecular flexibility index (Phi) is 8.34. The summed E-state index contributed by atoms with van der Waals surface area (Å²) >= 11 is 1.24. The second-order valence-corrected chi connectivity index (χ2v) is 11.7. The van der Waals surface area contributed by atoms with Gasteiger partial charge < -0.3 is 24.5 Å². The molecule has 1 fully saturated rings. The lowest BCUT2D eigenvalue weighted by Gasteiger charge is -2.18. The lowest BCUT2D eigenvalue weighted by molar-refractivity contribution is -0.389. The van der Waals surface area contributed by atoms with Crippen LogP contribution in [0.15, 0.2) is 79.0 Å². The number of hydrogen-bond acceptors (Lipinski definition) is 8. The van der Waals surface area contributed by atoms with Gasteiger partial charge in [-0.1, -0.05) is 18.2 Å². The van der Waals surface area contributed by atoms with Crippen molar-refractivity contribution < 1.29 is 19.3 Å². The number of pyridine rings is 1. The van der Waals surface area contributed by atoms with E-state index in [1.807, 2.05) is 45.9 Å². The van der Waals surface area contributed by atoms with Crippen molar-refractivity contribution in [2.75, 3.05) is 30.4 Å². The van der Waals surface area contributed by atoms with Gasteiger partial charge in [0.25, 0.3) is 11.8 Å². The van der Waals surface area contributed by atoms with Crippen LogP contribution in [-0.2, 0) is 11.3 Å². The molecule has 0 saturated carbocycles. The third-order valence-electron chi connectivity index (χ3n) is 7.70. The fourth-order valence-corrected chi connectivity index (χ4v) is 6.21. The van der Waals surface area contributed by atoms with E-state index < -0.39 is 4.92 Å². The number of imidazole rings is 1. The van der Waals surface area contributed by atoms with Crippen LogP contribution in [-0.4, -0.2) is 62.2 Å². The van der Waals surface area contributed by atoms with E-state index in [-0.39, 0.29) is 23.5 Å². The smallest absolute Gasteiger partial charge is 0.358 e. The molecule has 1 saturated heterocycles. The molecule has 0 unspecified atom stereocenters. The summed E-state index contributed by atoms with van der Waals surface area (Å²) in [5.41, 5.74) is 3.27. The van der Waals surface area contributed by atoms with Crippen molar-refractivity contribution in [3.05, 3.63) is 99.5 Å². The molecule has 13 heteroatoms. The summed E-state index contributed by atoms with van der Waals surface area (Å²) < 4.78 is 1.92. The fourth-order valence-electron chi connectivity index (χ4n) is 5.32. The lowest BCUT2D eigenvalue weighted by Crippen LogP contribution is -2.26. The van der Waals surface area contributed by atoms with Crippen LogP contribution < -0.4 is 10.2 Å². The standard InChI is InChI=1S/C32H29N7O5S/c1-36(31(42)21-7-3-2-4-8-21)23-11-12-25-24(19-23)34-32(38(25)18-6-17-37-16-5-9-29(37)40)35-30(41)27-14-13-26(45-27)22-10-15-28(33-20-22)39(43)44/h2-4,7-8,10-15,19-20H,5-6,9,16-18H2,1H3,(H,34,35,41). The second-order valence-electron chi connectivity index (χ2n) is 10.6. The van der Waals surface area contributed by atoms with Crippen molar-refractivity contribution in [1.82, 2.24) is 19.4 Å². The summed E-state index contributed by atoms with van der Waals surface area (Å²) in [6.45, 7) is 1.87. The molecule has 228 valence electrons. The molecule has 3 aromatic heterocycles. The summed E-state index contributed by atoms with van der Waals surface area (Å²) in [5, 5.41) is 13.9. The van der Waals surface area contributed by atoms with Gasteiger partial charge in [0.05, 0.1) is 15.9 Å². The topological polar surface area (TPSA) is 144 Å². The zero-order valence-corrected chi connectivity index (χ0v) is 25.2. The van der Waals surface area contributed by atoms with Gasteiger partial charge in [0.1, 0.15) is 6.20 Å². The Balaban J connectivity index is 1.26. The third kappa shape index (κ3) is 6.29. The summed E-state index contributed by atoms with van der Waals surface area (Å²) in [6, 6.07) is 20.9. The van der Waals surface area contributed by atoms with Gasteiger partial charge in [0.15, 0.2) is 0 Å². The van der Waals surface area contributed by atoms with Crippen molar-refractivity contribution in [3.8, 4) is 10.4 Å². The maximum Gasteiger partial charge on any atom is 0.363 e. The zero-order chi connectivity index (χ0) is 31.5. The lowest BCUT2D eigenvalue weighted by atomic mass is 10.2. The number of nitrogens with zero attached hydrogens (tertiary/aromatic N) is 6. The van der Waals surface area contributed by atoms with Crippen LogP contribution in [0.5, 0.6) is 0 Å². The molecule has 0 radical (unpaired) electrons. The van der Waals surface area contributed by atoms with Crippen molar-refractivity contribution in [1.29, 1.82) is 0 Å². The van der Waals surface area contributed by atoms with Crippen LogP contribution in [0.25, 0.3) is 21.5 Å². The van der Waals surface area contributed by atoms with Crippen LogP contribution in [0.2, 0.25) is 0 Å². The van der Waals surface area contributed by atoms with E-state index >= 15 is 0 Å².